The topological polar surface area (TPSA) is 38.3 Å². The zero-order valence-corrected chi connectivity index (χ0v) is 10.2. The average molecular weight is 282 g/mol. The summed E-state index contributed by atoms with van der Waals surface area (Å²) in [5.74, 6) is -4.11. The minimum Gasteiger partial charge on any atom is -0.443 e. The number of carbonyl (C=O) groups excluding carboxylic acids is 1. The second-order valence-corrected chi connectivity index (χ2v) is 3.94. The number of rotatable bonds is 1. The Hall–Kier alpha value is -1.43. The molecule has 0 unspecified atom stereocenters. The van der Waals surface area contributed by atoms with Crippen LogP contribution >= 0.6 is 12.4 Å². The van der Waals surface area contributed by atoms with Gasteiger partial charge < -0.3 is 10.1 Å². The molecule has 1 saturated heterocycles. The van der Waals surface area contributed by atoms with Crippen molar-refractivity contribution >= 4 is 18.5 Å². The smallest absolute Gasteiger partial charge is 0.408 e. The Bertz CT molecular complexity index is 468. The summed E-state index contributed by atoms with van der Waals surface area (Å²) in [6, 6.07) is 2.17. The first-order valence-electron chi connectivity index (χ1n) is 4.97. The monoisotopic (exact) mass is 281 g/mol. The Morgan fingerprint density at radius 1 is 1.44 bits per heavy atom. The molecule has 0 aliphatic carbocycles. The zero-order chi connectivity index (χ0) is 12.6. The average Bonchev–Trinajstić information content (AvgIpc) is 2.26. The molecule has 1 fully saturated rings. The zero-order valence-electron chi connectivity index (χ0n) is 9.38. The van der Waals surface area contributed by atoms with Gasteiger partial charge in [0.05, 0.1) is 0 Å². The van der Waals surface area contributed by atoms with Crippen molar-refractivity contribution in [3.63, 3.8) is 0 Å². The Morgan fingerprint density at radius 2 is 2.11 bits per heavy atom. The molecular weight excluding hydrogens is 271 g/mol. The Balaban J connectivity index is 0.00000162. The Kier molecular flexibility index (Phi) is 4.11. The minimum absolute atomic E-state index is 0. The van der Waals surface area contributed by atoms with Gasteiger partial charge in [0, 0.05) is 5.56 Å². The van der Waals surface area contributed by atoms with Gasteiger partial charge in [0.1, 0.15) is 11.9 Å². The Morgan fingerprint density at radius 3 is 2.78 bits per heavy atom. The maximum atomic E-state index is 13.5. The predicted octanol–water partition coefficient (Wildman–Crippen LogP) is 2.97. The second kappa shape index (κ2) is 5.06. The number of halogens is 4. The number of hydrogen-bond acceptors (Lipinski definition) is 2. The third-order valence-electron chi connectivity index (χ3n) is 2.54. The molecule has 0 saturated carbocycles. The first-order valence-corrected chi connectivity index (χ1v) is 4.97. The lowest BCUT2D eigenvalue weighted by Crippen LogP contribution is -2.49. The highest BCUT2D eigenvalue weighted by molar-refractivity contribution is 5.85. The number of ether oxygens (including phenoxy) is 1. The van der Waals surface area contributed by atoms with Gasteiger partial charge in [-0.25, -0.2) is 18.0 Å². The van der Waals surface area contributed by atoms with Crippen molar-refractivity contribution in [2.45, 2.75) is 18.9 Å². The van der Waals surface area contributed by atoms with Gasteiger partial charge in [0.25, 0.3) is 0 Å². The van der Waals surface area contributed by atoms with Gasteiger partial charge in [0.2, 0.25) is 0 Å². The van der Waals surface area contributed by atoms with Gasteiger partial charge >= 0.3 is 12.0 Å². The maximum absolute atomic E-state index is 13.5. The van der Waals surface area contributed by atoms with Crippen LogP contribution in [0.25, 0.3) is 0 Å². The summed E-state index contributed by atoms with van der Waals surface area (Å²) < 4.78 is 44.8. The molecular formula is C11H11ClF3NO2. The molecule has 1 aromatic rings. The van der Waals surface area contributed by atoms with E-state index in [1.807, 2.05) is 5.32 Å². The van der Waals surface area contributed by atoms with E-state index in [4.69, 9.17) is 0 Å². The molecule has 1 heterocycles. The van der Waals surface area contributed by atoms with E-state index in [0.29, 0.717) is 5.56 Å². The fraction of sp³-hybridized carbons (Fsp3) is 0.364. The number of carbonyl (C=O) groups is 1. The molecule has 1 aromatic carbocycles. The molecule has 1 N–H and O–H groups in total. The van der Waals surface area contributed by atoms with E-state index in [-0.39, 0.29) is 18.0 Å². The van der Waals surface area contributed by atoms with Crippen LogP contribution in [-0.4, -0.2) is 18.6 Å². The molecule has 3 nitrogen and oxygen atoms in total. The standard InChI is InChI=1S/C11H10F3NO2.ClH/c1-6-2-3-8(12)7(4-6)9-11(13,14)5-17-10(16)15-9;/h2-4,9H,5H2,1H3,(H,15,16);1H/t9-;/m0./s1. The van der Waals surface area contributed by atoms with Crippen LogP contribution < -0.4 is 5.32 Å². The van der Waals surface area contributed by atoms with Gasteiger partial charge in [-0.3, -0.25) is 0 Å². The lowest BCUT2D eigenvalue weighted by Gasteiger charge is -2.32. The van der Waals surface area contributed by atoms with Crippen molar-refractivity contribution in [1.82, 2.24) is 5.32 Å². The number of aryl methyl sites for hydroxylation is 1. The van der Waals surface area contributed by atoms with Gasteiger partial charge in [0.15, 0.2) is 6.61 Å². The number of amides is 1. The van der Waals surface area contributed by atoms with Crippen molar-refractivity contribution < 1.29 is 22.7 Å². The summed E-state index contributed by atoms with van der Waals surface area (Å²) in [7, 11) is 0. The van der Waals surface area contributed by atoms with Crippen LogP contribution in [0.5, 0.6) is 0 Å². The molecule has 0 aromatic heterocycles. The third-order valence-corrected chi connectivity index (χ3v) is 2.54. The molecule has 1 amide bonds. The highest BCUT2D eigenvalue weighted by Gasteiger charge is 2.47. The number of hydrogen-bond donors (Lipinski definition) is 1. The Labute approximate surface area is 108 Å². The molecule has 7 heteroatoms. The molecule has 1 aliphatic rings. The van der Waals surface area contributed by atoms with E-state index in [9.17, 15) is 18.0 Å². The van der Waals surface area contributed by atoms with Crippen molar-refractivity contribution in [3.8, 4) is 0 Å². The fourth-order valence-electron chi connectivity index (χ4n) is 1.70. The van der Waals surface area contributed by atoms with Crippen molar-refractivity contribution in [3.05, 3.63) is 35.1 Å². The van der Waals surface area contributed by atoms with Crippen LogP contribution in [-0.2, 0) is 4.74 Å². The van der Waals surface area contributed by atoms with E-state index < -0.39 is 30.5 Å². The van der Waals surface area contributed by atoms with Crippen molar-refractivity contribution in [2.75, 3.05) is 6.61 Å². The molecule has 0 radical (unpaired) electrons. The number of cyclic esters (lactones) is 1. The first kappa shape index (κ1) is 14.6. The molecule has 1 aliphatic heterocycles. The lowest BCUT2D eigenvalue weighted by molar-refractivity contribution is -0.105. The van der Waals surface area contributed by atoms with Gasteiger partial charge in [-0.15, -0.1) is 12.4 Å². The summed E-state index contributed by atoms with van der Waals surface area (Å²) in [6.45, 7) is 0.610. The van der Waals surface area contributed by atoms with Crippen LogP contribution in [0.15, 0.2) is 18.2 Å². The van der Waals surface area contributed by atoms with E-state index >= 15 is 0 Å². The summed E-state index contributed by atoms with van der Waals surface area (Å²) in [5, 5.41) is 1.94. The second-order valence-electron chi connectivity index (χ2n) is 3.94. The minimum atomic E-state index is -3.33. The highest BCUT2D eigenvalue weighted by atomic mass is 35.5. The van der Waals surface area contributed by atoms with Crippen molar-refractivity contribution in [1.29, 1.82) is 0 Å². The molecule has 100 valence electrons. The number of alkyl carbamates (subject to hydrolysis) is 1. The van der Waals surface area contributed by atoms with Gasteiger partial charge in [-0.1, -0.05) is 17.7 Å². The van der Waals surface area contributed by atoms with Crippen LogP contribution in [0.2, 0.25) is 0 Å². The molecule has 18 heavy (non-hydrogen) atoms. The first-order chi connectivity index (χ1) is 7.90. The van der Waals surface area contributed by atoms with Crippen LogP contribution in [0.3, 0.4) is 0 Å². The number of benzene rings is 1. The highest BCUT2D eigenvalue weighted by Crippen LogP contribution is 2.35. The van der Waals surface area contributed by atoms with Crippen LogP contribution in [0.4, 0.5) is 18.0 Å². The summed E-state index contributed by atoms with van der Waals surface area (Å²) in [4.78, 5) is 10.9. The number of nitrogens with one attached hydrogen (secondary N) is 1. The largest absolute Gasteiger partial charge is 0.443 e. The SMILES string of the molecule is Cc1ccc(F)c([C@@H]2NC(=O)OCC2(F)F)c1.Cl. The number of alkyl halides is 2. The normalized spacial score (nSPS) is 21.6. The predicted molar refractivity (Wildman–Crippen MR) is 60.6 cm³/mol. The lowest BCUT2D eigenvalue weighted by atomic mass is 9.98. The van der Waals surface area contributed by atoms with Gasteiger partial charge in [-0.05, 0) is 13.0 Å². The van der Waals surface area contributed by atoms with Crippen molar-refractivity contribution in [2.24, 2.45) is 0 Å². The molecule has 1 atom stereocenters. The molecule has 2 rings (SSSR count). The maximum Gasteiger partial charge on any atom is 0.408 e. The quantitative estimate of drug-likeness (QED) is 0.859. The summed E-state index contributed by atoms with van der Waals surface area (Å²) >= 11 is 0. The fourth-order valence-corrected chi connectivity index (χ4v) is 1.70. The van der Waals surface area contributed by atoms with Crippen LogP contribution in [0, 0.1) is 12.7 Å². The van der Waals surface area contributed by atoms with E-state index in [1.165, 1.54) is 12.1 Å². The van der Waals surface area contributed by atoms with E-state index in [2.05, 4.69) is 4.74 Å². The van der Waals surface area contributed by atoms with Crippen LogP contribution in [0.1, 0.15) is 17.2 Å². The van der Waals surface area contributed by atoms with E-state index in [0.717, 1.165) is 6.07 Å². The summed E-state index contributed by atoms with van der Waals surface area (Å²) in [5.41, 5.74) is 0.407. The molecule has 0 bridgehead atoms. The molecule has 0 spiro atoms. The van der Waals surface area contributed by atoms with Gasteiger partial charge in [-0.2, -0.15) is 0 Å². The summed E-state index contributed by atoms with van der Waals surface area (Å²) in [6.07, 6.45) is -0.971. The van der Waals surface area contributed by atoms with E-state index in [1.54, 1.807) is 6.92 Å². The third kappa shape index (κ3) is 2.69.